The molecule has 0 bridgehead atoms. The number of hydrogen-bond donors (Lipinski definition) is 5. The molecule has 3 saturated carbocycles. The fraction of sp³-hybridized carbons (Fsp3) is 0.802. The molecule has 4 aliphatic rings. The molecule has 5 N–H and O–H groups in total. The van der Waals surface area contributed by atoms with Crippen molar-refractivity contribution in [3.05, 3.63) is 60.3 Å². The Kier molecular flexibility index (Phi) is 41.9. The second kappa shape index (κ2) is 47.7. The van der Waals surface area contributed by atoms with Crippen LogP contribution < -0.4 is 0 Å². The van der Waals surface area contributed by atoms with Crippen LogP contribution in [0.1, 0.15) is 318 Å². The third-order valence-corrected chi connectivity index (χ3v) is 21.8. The molecule has 2 unspecified atom stereocenters. The number of fused-ring (bicyclic) bond motifs is 5. The van der Waals surface area contributed by atoms with Gasteiger partial charge in [0.1, 0.15) is 31.0 Å². The maximum Gasteiger partial charge on any atom is 0.306 e. The number of aliphatic hydroxyl groups is 5. The number of esters is 4. The number of hydrogen-bond acceptors (Lipinski definition) is 16. The minimum absolute atomic E-state index is 0.132. The van der Waals surface area contributed by atoms with Crippen LogP contribution in [0, 0.1) is 28.6 Å². The van der Waals surface area contributed by atoms with Gasteiger partial charge in [0, 0.05) is 36.0 Å². The number of halogens is 1. The van der Waals surface area contributed by atoms with Crippen molar-refractivity contribution in [1.29, 1.82) is 0 Å². The van der Waals surface area contributed by atoms with Crippen molar-refractivity contribution in [1.82, 2.24) is 0 Å². The molecule has 0 amide bonds. The fourth-order valence-corrected chi connectivity index (χ4v) is 15.7. The Balaban J connectivity index is 1.13. The smallest absolute Gasteiger partial charge is 0.306 e. The number of rotatable bonds is 56. The van der Waals surface area contributed by atoms with Crippen molar-refractivity contribution >= 4 is 35.4 Å². The zero-order chi connectivity index (χ0) is 71.7. The normalized spacial score (nSPS) is 25.2. The van der Waals surface area contributed by atoms with Gasteiger partial charge in [0.2, 0.25) is 5.78 Å². The first-order valence-electron chi connectivity index (χ1n) is 39.0. The van der Waals surface area contributed by atoms with Crippen molar-refractivity contribution in [3.63, 3.8) is 0 Å². The second-order valence-corrected chi connectivity index (χ2v) is 29.7. The van der Waals surface area contributed by atoms with Gasteiger partial charge in [-0.25, -0.2) is 4.39 Å². The lowest BCUT2D eigenvalue weighted by molar-refractivity contribution is -0.220. The van der Waals surface area contributed by atoms with E-state index in [1.54, 1.807) is 26.8 Å². The molecular formula is C81H133FO16. The monoisotopic (exact) mass is 1380 g/mol. The average molecular weight is 1380 g/mol. The lowest BCUT2D eigenvalue weighted by atomic mass is 9.44. The predicted molar refractivity (Wildman–Crippen MR) is 383 cm³/mol. The Labute approximate surface area is 589 Å². The molecule has 0 spiro atoms. The maximum absolute atomic E-state index is 17.6. The molecule has 4 rings (SSSR count). The Hall–Kier alpha value is -4.39. The summed E-state index contributed by atoms with van der Waals surface area (Å²) in [4.78, 5) is 78.2. The van der Waals surface area contributed by atoms with E-state index in [2.05, 4.69) is 51.2 Å². The number of ether oxygens (including phenoxy) is 5. The van der Waals surface area contributed by atoms with E-state index in [9.17, 15) is 54.3 Å². The van der Waals surface area contributed by atoms with Gasteiger partial charge in [-0.1, -0.05) is 198 Å². The quantitative estimate of drug-likeness (QED) is 0.0125. The van der Waals surface area contributed by atoms with Gasteiger partial charge in [-0.05, 0) is 159 Å². The molecule has 0 aromatic carbocycles. The molecule has 0 heterocycles. The van der Waals surface area contributed by atoms with Crippen LogP contribution in [0.3, 0.4) is 0 Å². The Morgan fingerprint density at radius 3 is 1.61 bits per heavy atom. The third-order valence-electron chi connectivity index (χ3n) is 21.8. The van der Waals surface area contributed by atoms with E-state index in [0.29, 0.717) is 69.8 Å². The number of carbonyl (C=O) groups excluding carboxylic acids is 6. The summed E-state index contributed by atoms with van der Waals surface area (Å²) >= 11 is 0. The van der Waals surface area contributed by atoms with Crippen LogP contribution in [-0.4, -0.2) is 129 Å². The Morgan fingerprint density at radius 2 is 1.04 bits per heavy atom. The van der Waals surface area contributed by atoms with Crippen LogP contribution in [0.5, 0.6) is 0 Å². The molecule has 4 aliphatic carbocycles. The number of carbonyl (C=O) groups is 6. The first-order chi connectivity index (χ1) is 47.1. The molecule has 16 nitrogen and oxygen atoms in total. The molecular weight excluding hydrogens is 1250 g/mol. The van der Waals surface area contributed by atoms with Crippen LogP contribution in [0.4, 0.5) is 4.39 Å². The third kappa shape index (κ3) is 29.2. The number of alkyl halides is 1. The van der Waals surface area contributed by atoms with Gasteiger partial charge in [0.05, 0.1) is 31.2 Å². The zero-order valence-electron chi connectivity index (χ0n) is 61.5. The van der Waals surface area contributed by atoms with Crippen molar-refractivity contribution in [3.8, 4) is 0 Å². The van der Waals surface area contributed by atoms with Crippen molar-refractivity contribution in [2.24, 2.45) is 28.6 Å². The second-order valence-electron chi connectivity index (χ2n) is 29.7. The topological polar surface area (TPSA) is 250 Å². The van der Waals surface area contributed by atoms with Gasteiger partial charge < -0.3 is 49.2 Å². The molecule has 0 aromatic rings. The number of aliphatic hydroxyl groups excluding tert-OH is 4. The minimum Gasteiger partial charge on any atom is -0.463 e. The molecule has 560 valence electrons. The van der Waals surface area contributed by atoms with E-state index >= 15 is 4.39 Å². The van der Waals surface area contributed by atoms with Crippen LogP contribution in [0.25, 0.3) is 0 Å². The van der Waals surface area contributed by atoms with E-state index in [1.807, 2.05) is 6.08 Å². The summed E-state index contributed by atoms with van der Waals surface area (Å²) in [6.45, 7) is 10.7. The van der Waals surface area contributed by atoms with E-state index in [0.717, 1.165) is 161 Å². The zero-order valence-corrected chi connectivity index (χ0v) is 61.5. The first kappa shape index (κ1) is 86.0. The minimum atomic E-state index is -2.12. The molecule has 0 aliphatic heterocycles. The van der Waals surface area contributed by atoms with Crippen molar-refractivity contribution in [2.45, 2.75) is 366 Å². The lowest BCUT2D eigenvalue weighted by Gasteiger charge is -2.62. The van der Waals surface area contributed by atoms with Gasteiger partial charge >= 0.3 is 23.9 Å². The van der Waals surface area contributed by atoms with Gasteiger partial charge in [0.15, 0.2) is 24.3 Å². The summed E-state index contributed by atoms with van der Waals surface area (Å²) in [5, 5.41) is 55.2. The van der Waals surface area contributed by atoms with Gasteiger partial charge in [-0.15, -0.1) is 0 Å². The number of Topliss-reactive ketones (excluding diaryl/α,β-unsaturated/α-hetero) is 1. The van der Waals surface area contributed by atoms with Crippen molar-refractivity contribution in [2.75, 3.05) is 19.8 Å². The van der Waals surface area contributed by atoms with E-state index in [4.69, 9.17) is 23.7 Å². The summed E-state index contributed by atoms with van der Waals surface area (Å²) in [7, 11) is 0. The summed E-state index contributed by atoms with van der Waals surface area (Å²) in [5.41, 5.74) is -5.91. The van der Waals surface area contributed by atoms with Gasteiger partial charge in [-0.3, -0.25) is 28.8 Å². The molecule has 3 fully saturated rings. The van der Waals surface area contributed by atoms with Gasteiger partial charge in [0.25, 0.3) is 0 Å². The fourth-order valence-electron chi connectivity index (χ4n) is 15.7. The van der Waals surface area contributed by atoms with Crippen LogP contribution in [-0.2, 0) is 52.5 Å². The lowest BCUT2D eigenvalue weighted by Crippen LogP contribution is -2.69. The molecule has 0 aromatic heterocycles. The first-order valence-corrected chi connectivity index (χ1v) is 39.0. The largest absolute Gasteiger partial charge is 0.463 e. The predicted octanol–water partition coefficient (Wildman–Crippen LogP) is 16.8. The molecule has 0 radical (unpaired) electrons. The number of unbranched alkanes of at least 4 members (excludes halogenated alkanes) is 22. The van der Waals surface area contributed by atoms with Crippen LogP contribution in [0.2, 0.25) is 0 Å². The average Bonchev–Trinajstić information content (AvgIpc) is 1.39. The Bertz CT molecular complexity index is 2470. The maximum atomic E-state index is 17.6. The van der Waals surface area contributed by atoms with Crippen LogP contribution in [0.15, 0.2) is 60.3 Å². The van der Waals surface area contributed by atoms with Crippen LogP contribution >= 0.6 is 0 Å². The van der Waals surface area contributed by atoms with E-state index in [-0.39, 0.29) is 81.4 Å². The highest BCUT2D eigenvalue weighted by molar-refractivity contribution is 6.01. The number of allylic oxidation sites excluding steroid dienone is 7. The number of ketones is 2. The molecule has 17 heteroatoms. The summed E-state index contributed by atoms with van der Waals surface area (Å²) < 4.78 is 46.0. The summed E-state index contributed by atoms with van der Waals surface area (Å²) in [6.07, 6.45) is 45.7. The standard InChI is InChI=1S/C81H133FO16/c1-7-10-13-33-42-65(84)44-35-26-20-15-17-23-29-38-47-73(88)94-59-68(98-76(91)49-40-31-25-19-21-27-34-43-64(83)41-32-12-9-3)60-95-74(89)48-39-30-24-18-16-22-28-37-46-67(45-36-14-11-8-2)97-77(92)53-52-75(90)96-61-72(87)81(93)62(4)56-70-69-51-50-63-57-66(85)54-55-78(63,5)80(69,82)71(86)58-79(70,81)6/h26-28,34-35,37,54-55,57,62,64-65,67-71,76,83-84,86,91,93H,7-25,29-33,36,38-53,56,58-61H2,1-6H3/b34-27-,35-26-,37-28-/t62-,64-,65-,67-,68?,69+,70+,71+,76?,78+,79+,80+,81+/m1/s1. The highest BCUT2D eigenvalue weighted by atomic mass is 19.1. The molecule has 98 heavy (non-hydrogen) atoms. The molecule has 0 saturated heterocycles. The SMILES string of the molecule is CCCCCC[C@@H](O)C/C=C\CCCCCCCC(=O)OCC(COC(=O)CCCCCCC/C=C\C[C@@H](CCCCCC)OC(=O)CCC(=O)OCC(=O)[C@@]1(O)[C@H](C)C[C@H]2[C@@H]3CCC4=CC(=O)C=C[C@]4(C)[C@@]3(F)[C@@H](O)C[C@@]21C)OC(O)CCCCCC/C=C\C[C@H](O)CCCCC. The summed E-state index contributed by atoms with van der Waals surface area (Å²) in [6, 6.07) is 0. The van der Waals surface area contributed by atoms with E-state index in [1.165, 1.54) is 31.4 Å². The highest BCUT2D eigenvalue weighted by Crippen LogP contribution is 2.70. The van der Waals surface area contributed by atoms with E-state index < -0.39 is 82.7 Å². The summed E-state index contributed by atoms with van der Waals surface area (Å²) in [5.74, 6) is -4.78. The van der Waals surface area contributed by atoms with Gasteiger partial charge in [-0.2, -0.15) is 0 Å². The Morgan fingerprint density at radius 1 is 0.571 bits per heavy atom. The highest BCUT2D eigenvalue weighted by Gasteiger charge is 2.75. The van der Waals surface area contributed by atoms with Crippen molar-refractivity contribution < 1.29 is 82.4 Å². The molecule has 13 atom stereocenters.